The molecule has 6 heteroatoms. The van der Waals surface area contributed by atoms with E-state index in [1.807, 2.05) is 88.4 Å². The molecule has 4 aromatic carbocycles. The first kappa shape index (κ1) is 30.2. The van der Waals surface area contributed by atoms with E-state index >= 15 is 0 Å². The Morgan fingerprint density at radius 2 is 1.21 bits per heavy atom. The average Bonchev–Trinajstić information content (AvgIpc) is 3.11. The fourth-order valence-electron chi connectivity index (χ4n) is 6.22. The second-order valence-corrected chi connectivity index (χ2v) is 10.7. The molecule has 0 saturated heterocycles. The Morgan fingerprint density at radius 1 is 0.674 bits per heavy atom. The summed E-state index contributed by atoms with van der Waals surface area (Å²) in [5.41, 5.74) is 2.92. The predicted molar refractivity (Wildman–Crippen MR) is 165 cm³/mol. The first-order valence-corrected chi connectivity index (χ1v) is 14.9. The quantitative estimate of drug-likeness (QED) is 0.152. The molecule has 0 fully saturated rings. The summed E-state index contributed by atoms with van der Waals surface area (Å²) in [5, 5.41) is 0. The molecule has 4 aromatic rings. The lowest BCUT2D eigenvalue weighted by Crippen LogP contribution is -2.54. The molecule has 0 radical (unpaired) electrons. The van der Waals surface area contributed by atoms with E-state index < -0.39 is 41.8 Å². The maximum absolute atomic E-state index is 13.9. The second-order valence-electron chi connectivity index (χ2n) is 10.7. The smallest absolute Gasteiger partial charge is 0.338 e. The summed E-state index contributed by atoms with van der Waals surface area (Å²) < 4.78 is 26.2. The number of aryl methyl sites for hydroxylation is 1. The molecule has 0 bridgehead atoms. The van der Waals surface area contributed by atoms with Gasteiger partial charge in [-0.3, -0.25) is 0 Å². The van der Waals surface area contributed by atoms with E-state index in [4.69, 9.17) is 18.9 Å². The lowest BCUT2D eigenvalue weighted by Gasteiger charge is -2.44. The van der Waals surface area contributed by atoms with Crippen molar-refractivity contribution < 1.29 is 28.5 Å². The van der Waals surface area contributed by atoms with Gasteiger partial charge < -0.3 is 18.9 Å². The molecule has 0 unspecified atom stereocenters. The molecule has 0 aromatic heterocycles. The summed E-state index contributed by atoms with van der Waals surface area (Å²) in [7, 11) is 0. The number of benzene rings is 4. The van der Waals surface area contributed by atoms with E-state index in [9.17, 15) is 9.59 Å². The first-order chi connectivity index (χ1) is 20.9. The van der Waals surface area contributed by atoms with Gasteiger partial charge in [0.25, 0.3) is 0 Å². The Bertz CT molecular complexity index is 1540. The van der Waals surface area contributed by atoms with Crippen molar-refractivity contribution in [2.75, 3.05) is 13.2 Å². The maximum atomic E-state index is 13.9. The van der Waals surface area contributed by atoms with Crippen molar-refractivity contribution in [2.24, 2.45) is 5.92 Å². The van der Waals surface area contributed by atoms with Crippen LogP contribution in [-0.4, -0.2) is 37.4 Å². The van der Waals surface area contributed by atoms with Crippen molar-refractivity contribution in [3.63, 3.8) is 0 Å². The van der Waals surface area contributed by atoms with E-state index in [2.05, 4.69) is 0 Å². The summed E-state index contributed by atoms with van der Waals surface area (Å²) in [6, 6.07) is 33.5. The van der Waals surface area contributed by atoms with Crippen LogP contribution in [0.2, 0.25) is 0 Å². The van der Waals surface area contributed by atoms with Gasteiger partial charge in [-0.15, -0.1) is 0 Å². The third-order valence-corrected chi connectivity index (χ3v) is 8.12. The van der Waals surface area contributed by atoms with Gasteiger partial charge in [-0.2, -0.15) is 0 Å². The zero-order chi connectivity index (χ0) is 30.4. The van der Waals surface area contributed by atoms with Crippen LogP contribution in [0, 0.1) is 12.8 Å². The standard InChI is InChI=1S/C37H38O6/c1-5-40-32-26(4)33(42-35(38)27-18-9-7-10-19-27)34(43-36(39)28-20-11-8-12-21-28)37(41-6-2,30-23-15-13-17-25(30)3)31-24-16-14-22-29(31)32/h7-24,26,32-34H,5-6H2,1-4H3/t26-,32-,33+,34+,37-/m0/s1. The summed E-state index contributed by atoms with van der Waals surface area (Å²) in [6.45, 7) is 8.57. The molecule has 0 spiro atoms. The SMILES string of the molecule is CCO[C@@H]1c2ccccc2[C@@](OCC)(c2ccccc2C)[C@H](OC(=O)c2ccccc2)[C@H](OC(=O)c2ccccc2)[C@H]1C. The van der Waals surface area contributed by atoms with E-state index in [-0.39, 0.29) is 0 Å². The van der Waals surface area contributed by atoms with Crippen molar-refractivity contribution in [2.45, 2.75) is 51.6 Å². The summed E-state index contributed by atoms with van der Waals surface area (Å²) in [4.78, 5) is 27.6. The van der Waals surface area contributed by atoms with Crippen LogP contribution in [0.5, 0.6) is 0 Å². The molecular formula is C37H38O6. The van der Waals surface area contributed by atoms with Gasteiger partial charge in [0, 0.05) is 19.1 Å². The Hall–Kier alpha value is -4.26. The van der Waals surface area contributed by atoms with Crippen LogP contribution in [0.15, 0.2) is 109 Å². The lowest BCUT2D eigenvalue weighted by atomic mass is 9.76. The summed E-state index contributed by atoms with van der Waals surface area (Å²) in [6.07, 6.45) is -2.50. The van der Waals surface area contributed by atoms with Gasteiger partial charge in [-0.25, -0.2) is 9.59 Å². The fraction of sp³-hybridized carbons (Fsp3) is 0.297. The molecule has 5 rings (SSSR count). The molecule has 6 nitrogen and oxygen atoms in total. The molecule has 1 aliphatic carbocycles. The molecule has 5 atom stereocenters. The highest BCUT2D eigenvalue weighted by molar-refractivity contribution is 5.90. The third-order valence-electron chi connectivity index (χ3n) is 8.12. The number of hydrogen-bond acceptors (Lipinski definition) is 6. The third kappa shape index (κ3) is 5.85. The molecule has 0 saturated carbocycles. The average molecular weight is 579 g/mol. The lowest BCUT2D eigenvalue weighted by molar-refractivity contribution is -0.160. The molecule has 0 amide bonds. The number of hydrogen-bond donors (Lipinski definition) is 0. The minimum absolute atomic E-state index is 0.301. The van der Waals surface area contributed by atoms with Crippen LogP contribution in [0.1, 0.15) is 69.8 Å². The summed E-state index contributed by atoms with van der Waals surface area (Å²) in [5.74, 6) is -1.48. The van der Waals surface area contributed by atoms with Gasteiger partial charge in [-0.05, 0) is 67.3 Å². The van der Waals surface area contributed by atoms with Gasteiger partial charge in [0.15, 0.2) is 11.7 Å². The second kappa shape index (κ2) is 13.4. The van der Waals surface area contributed by atoms with Crippen molar-refractivity contribution in [1.29, 1.82) is 0 Å². The monoisotopic (exact) mass is 578 g/mol. The Balaban J connectivity index is 1.80. The highest BCUT2D eigenvalue weighted by Gasteiger charge is 2.58. The van der Waals surface area contributed by atoms with Crippen LogP contribution in [0.3, 0.4) is 0 Å². The molecule has 222 valence electrons. The van der Waals surface area contributed by atoms with Crippen molar-refractivity contribution in [3.05, 3.63) is 143 Å². The van der Waals surface area contributed by atoms with Crippen molar-refractivity contribution in [1.82, 2.24) is 0 Å². The molecule has 0 aliphatic heterocycles. The Labute approximate surface area is 253 Å². The van der Waals surface area contributed by atoms with Crippen LogP contribution >= 0.6 is 0 Å². The van der Waals surface area contributed by atoms with Crippen LogP contribution in [0.25, 0.3) is 0 Å². The van der Waals surface area contributed by atoms with Gasteiger partial charge in [0.1, 0.15) is 6.10 Å². The van der Waals surface area contributed by atoms with Crippen LogP contribution in [0.4, 0.5) is 0 Å². The fourth-order valence-corrected chi connectivity index (χ4v) is 6.22. The Kier molecular flexibility index (Phi) is 9.39. The minimum atomic E-state index is -1.33. The minimum Gasteiger partial charge on any atom is -0.454 e. The highest BCUT2D eigenvalue weighted by Crippen LogP contribution is 2.51. The number of fused-ring (bicyclic) bond motifs is 1. The number of esters is 2. The molecule has 43 heavy (non-hydrogen) atoms. The maximum Gasteiger partial charge on any atom is 0.338 e. The van der Waals surface area contributed by atoms with Crippen LogP contribution in [-0.2, 0) is 24.5 Å². The topological polar surface area (TPSA) is 71.1 Å². The zero-order valence-electron chi connectivity index (χ0n) is 25.1. The predicted octanol–water partition coefficient (Wildman–Crippen LogP) is 7.45. The largest absolute Gasteiger partial charge is 0.454 e. The van der Waals surface area contributed by atoms with Gasteiger partial charge in [-0.1, -0.05) is 91.9 Å². The van der Waals surface area contributed by atoms with E-state index in [1.54, 1.807) is 48.5 Å². The zero-order valence-corrected chi connectivity index (χ0v) is 25.1. The van der Waals surface area contributed by atoms with E-state index in [1.165, 1.54) is 0 Å². The highest BCUT2D eigenvalue weighted by atomic mass is 16.6. The van der Waals surface area contributed by atoms with Crippen molar-refractivity contribution in [3.8, 4) is 0 Å². The number of carbonyl (C=O) groups is 2. The molecular weight excluding hydrogens is 540 g/mol. The number of ether oxygens (including phenoxy) is 4. The number of rotatable bonds is 9. The van der Waals surface area contributed by atoms with E-state index in [0.29, 0.717) is 24.3 Å². The van der Waals surface area contributed by atoms with Gasteiger partial charge in [0.2, 0.25) is 0 Å². The molecule has 0 heterocycles. The Morgan fingerprint density at radius 3 is 1.79 bits per heavy atom. The van der Waals surface area contributed by atoms with Gasteiger partial charge >= 0.3 is 11.9 Å². The van der Waals surface area contributed by atoms with Crippen molar-refractivity contribution >= 4 is 11.9 Å². The van der Waals surface area contributed by atoms with Crippen LogP contribution < -0.4 is 0 Å². The number of carbonyl (C=O) groups excluding carboxylic acids is 2. The molecule has 1 aliphatic rings. The summed E-state index contributed by atoms with van der Waals surface area (Å²) >= 11 is 0. The molecule has 0 N–H and O–H groups in total. The first-order valence-electron chi connectivity index (χ1n) is 14.9. The van der Waals surface area contributed by atoms with E-state index in [0.717, 1.165) is 22.3 Å². The van der Waals surface area contributed by atoms with Gasteiger partial charge in [0.05, 0.1) is 17.2 Å². The normalized spacial score (nSPS) is 23.1.